The summed E-state index contributed by atoms with van der Waals surface area (Å²) in [6.45, 7) is 2.97. The molecule has 0 aliphatic heterocycles. The SMILES string of the molecule is C=CC(=O)OCCOC(=O)C1(C(=O)O)CCCCC1. The first kappa shape index (κ1) is 15.2. The molecule has 19 heavy (non-hydrogen) atoms. The summed E-state index contributed by atoms with van der Waals surface area (Å²) in [7, 11) is 0. The van der Waals surface area contributed by atoms with Gasteiger partial charge in [0.2, 0.25) is 0 Å². The van der Waals surface area contributed by atoms with Gasteiger partial charge in [0.25, 0.3) is 0 Å². The number of aliphatic carboxylic acids is 1. The zero-order chi connectivity index (χ0) is 14.3. The van der Waals surface area contributed by atoms with Gasteiger partial charge in [-0.15, -0.1) is 0 Å². The molecule has 0 unspecified atom stereocenters. The Morgan fingerprint density at radius 3 is 2.21 bits per heavy atom. The number of hydrogen-bond donors (Lipinski definition) is 1. The van der Waals surface area contributed by atoms with E-state index in [-0.39, 0.29) is 13.2 Å². The van der Waals surface area contributed by atoms with Crippen molar-refractivity contribution in [3.63, 3.8) is 0 Å². The monoisotopic (exact) mass is 270 g/mol. The lowest BCUT2D eigenvalue weighted by Gasteiger charge is -2.30. The van der Waals surface area contributed by atoms with Crippen LogP contribution in [0.5, 0.6) is 0 Å². The lowest BCUT2D eigenvalue weighted by Crippen LogP contribution is -2.42. The Morgan fingerprint density at radius 1 is 1.11 bits per heavy atom. The topological polar surface area (TPSA) is 89.9 Å². The second kappa shape index (κ2) is 6.92. The maximum Gasteiger partial charge on any atom is 0.330 e. The van der Waals surface area contributed by atoms with Crippen LogP contribution >= 0.6 is 0 Å². The molecule has 0 amide bonds. The number of carbonyl (C=O) groups excluding carboxylic acids is 2. The first-order valence-electron chi connectivity index (χ1n) is 6.23. The van der Waals surface area contributed by atoms with Crippen LogP contribution in [-0.2, 0) is 23.9 Å². The van der Waals surface area contributed by atoms with Crippen molar-refractivity contribution in [2.75, 3.05) is 13.2 Å². The fourth-order valence-electron chi connectivity index (χ4n) is 2.13. The van der Waals surface area contributed by atoms with Gasteiger partial charge in [-0.25, -0.2) is 4.79 Å². The largest absolute Gasteiger partial charge is 0.480 e. The van der Waals surface area contributed by atoms with Crippen LogP contribution in [0.4, 0.5) is 0 Å². The van der Waals surface area contributed by atoms with Crippen molar-refractivity contribution < 1.29 is 29.0 Å². The fourth-order valence-corrected chi connectivity index (χ4v) is 2.13. The Bertz CT molecular complexity index is 367. The summed E-state index contributed by atoms with van der Waals surface area (Å²) in [5, 5.41) is 9.24. The highest BCUT2D eigenvalue weighted by Gasteiger charge is 2.48. The molecule has 0 aromatic rings. The van der Waals surface area contributed by atoms with E-state index < -0.39 is 23.3 Å². The molecule has 0 aromatic heterocycles. The number of ether oxygens (including phenoxy) is 2. The van der Waals surface area contributed by atoms with E-state index in [1.807, 2.05) is 0 Å². The average Bonchev–Trinajstić information content (AvgIpc) is 2.43. The fraction of sp³-hybridized carbons (Fsp3) is 0.615. The van der Waals surface area contributed by atoms with Gasteiger partial charge in [-0.05, 0) is 12.8 Å². The van der Waals surface area contributed by atoms with E-state index in [4.69, 9.17) is 4.74 Å². The van der Waals surface area contributed by atoms with Gasteiger partial charge >= 0.3 is 17.9 Å². The van der Waals surface area contributed by atoms with Crippen LogP contribution in [0.2, 0.25) is 0 Å². The summed E-state index contributed by atoms with van der Waals surface area (Å²) in [5.41, 5.74) is -1.43. The maximum atomic E-state index is 11.9. The van der Waals surface area contributed by atoms with Crippen molar-refractivity contribution in [2.45, 2.75) is 32.1 Å². The molecule has 1 fully saturated rings. The van der Waals surface area contributed by atoms with E-state index in [0.29, 0.717) is 25.7 Å². The van der Waals surface area contributed by atoms with Gasteiger partial charge in [-0.2, -0.15) is 0 Å². The summed E-state index contributed by atoms with van der Waals surface area (Å²) in [5.74, 6) is -2.49. The lowest BCUT2D eigenvalue weighted by atomic mass is 9.74. The van der Waals surface area contributed by atoms with Crippen LogP contribution in [0, 0.1) is 5.41 Å². The molecule has 1 N–H and O–H groups in total. The second-order valence-corrected chi connectivity index (χ2v) is 4.46. The van der Waals surface area contributed by atoms with Gasteiger partial charge in [-0.1, -0.05) is 25.8 Å². The van der Waals surface area contributed by atoms with Crippen LogP contribution < -0.4 is 0 Å². The second-order valence-electron chi connectivity index (χ2n) is 4.46. The number of rotatable bonds is 6. The Labute approximate surface area is 111 Å². The van der Waals surface area contributed by atoms with Crippen molar-refractivity contribution in [3.05, 3.63) is 12.7 Å². The molecule has 1 rings (SSSR count). The van der Waals surface area contributed by atoms with E-state index in [0.717, 1.165) is 12.5 Å². The van der Waals surface area contributed by atoms with Crippen molar-refractivity contribution in [3.8, 4) is 0 Å². The van der Waals surface area contributed by atoms with Gasteiger partial charge in [0.1, 0.15) is 13.2 Å². The molecule has 1 saturated carbocycles. The normalized spacial score (nSPS) is 17.3. The minimum absolute atomic E-state index is 0.105. The summed E-state index contributed by atoms with van der Waals surface area (Å²) in [6, 6.07) is 0. The van der Waals surface area contributed by atoms with Crippen LogP contribution in [0.25, 0.3) is 0 Å². The third kappa shape index (κ3) is 3.81. The third-order valence-electron chi connectivity index (χ3n) is 3.23. The van der Waals surface area contributed by atoms with Gasteiger partial charge in [0, 0.05) is 6.08 Å². The number of hydrogen-bond acceptors (Lipinski definition) is 5. The third-order valence-corrected chi connectivity index (χ3v) is 3.23. The molecule has 0 atom stereocenters. The van der Waals surface area contributed by atoms with E-state index in [2.05, 4.69) is 11.3 Å². The molecule has 1 aliphatic rings. The number of esters is 2. The molecule has 6 nitrogen and oxygen atoms in total. The number of carbonyl (C=O) groups is 3. The first-order valence-corrected chi connectivity index (χ1v) is 6.23. The summed E-state index contributed by atoms with van der Waals surface area (Å²) < 4.78 is 9.55. The highest BCUT2D eigenvalue weighted by molar-refractivity contribution is 5.99. The van der Waals surface area contributed by atoms with E-state index in [9.17, 15) is 19.5 Å². The van der Waals surface area contributed by atoms with E-state index in [1.54, 1.807) is 0 Å². The van der Waals surface area contributed by atoms with Gasteiger partial charge < -0.3 is 14.6 Å². The molecule has 0 spiro atoms. The van der Waals surface area contributed by atoms with Gasteiger partial charge in [0.05, 0.1) is 0 Å². The molecule has 1 aliphatic carbocycles. The lowest BCUT2D eigenvalue weighted by molar-refractivity contribution is -0.173. The standard InChI is InChI=1S/C13H18O6/c1-2-10(14)18-8-9-19-12(17)13(11(15)16)6-4-3-5-7-13/h2H,1,3-9H2,(H,15,16). The smallest absolute Gasteiger partial charge is 0.330 e. The molecule has 0 heterocycles. The summed E-state index contributed by atoms with van der Waals surface area (Å²) in [6.07, 6.45) is 3.93. The van der Waals surface area contributed by atoms with Crippen LogP contribution in [0.15, 0.2) is 12.7 Å². The Hall–Kier alpha value is -1.85. The van der Waals surface area contributed by atoms with Crippen LogP contribution in [0.3, 0.4) is 0 Å². The minimum Gasteiger partial charge on any atom is -0.480 e. The molecule has 106 valence electrons. The average molecular weight is 270 g/mol. The summed E-state index contributed by atoms with van der Waals surface area (Å²) in [4.78, 5) is 34.0. The van der Waals surface area contributed by atoms with Crippen LogP contribution in [-0.4, -0.2) is 36.2 Å². The Balaban J connectivity index is 2.47. The van der Waals surface area contributed by atoms with Gasteiger partial charge in [-0.3, -0.25) is 9.59 Å². The van der Waals surface area contributed by atoms with Crippen molar-refractivity contribution in [1.82, 2.24) is 0 Å². The molecular formula is C13H18O6. The summed E-state index contributed by atoms with van der Waals surface area (Å²) >= 11 is 0. The predicted octanol–water partition coefficient (Wildman–Crippen LogP) is 1.29. The first-order chi connectivity index (χ1) is 9.03. The molecule has 0 aromatic carbocycles. The highest BCUT2D eigenvalue weighted by Crippen LogP contribution is 2.37. The molecule has 6 heteroatoms. The Kier molecular flexibility index (Phi) is 5.54. The van der Waals surface area contributed by atoms with E-state index >= 15 is 0 Å². The minimum atomic E-state index is -1.43. The molecule has 0 saturated heterocycles. The van der Waals surface area contributed by atoms with Gasteiger partial charge in [0.15, 0.2) is 5.41 Å². The van der Waals surface area contributed by atoms with E-state index in [1.165, 1.54) is 0 Å². The number of carboxylic acids is 1. The Morgan fingerprint density at radius 2 is 1.68 bits per heavy atom. The zero-order valence-corrected chi connectivity index (χ0v) is 10.7. The maximum absolute atomic E-state index is 11.9. The molecule has 0 radical (unpaired) electrons. The van der Waals surface area contributed by atoms with Crippen molar-refractivity contribution >= 4 is 17.9 Å². The predicted molar refractivity (Wildman–Crippen MR) is 65.3 cm³/mol. The molecule has 0 bridgehead atoms. The molecular weight excluding hydrogens is 252 g/mol. The highest BCUT2D eigenvalue weighted by atomic mass is 16.6. The quantitative estimate of drug-likeness (QED) is 0.338. The zero-order valence-electron chi connectivity index (χ0n) is 10.7. The number of carboxylic acid groups (broad SMARTS) is 1. The van der Waals surface area contributed by atoms with Crippen molar-refractivity contribution in [2.24, 2.45) is 5.41 Å². The van der Waals surface area contributed by atoms with Crippen LogP contribution in [0.1, 0.15) is 32.1 Å². The van der Waals surface area contributed by atoms with Crippen molar-refractivity contribution in [1.29, 1.82) is 0 Å².